The molecule has 0 spiro atoms. The molecule has 1 N–H and O–H groups in total. The van der Waals surface area contributed by atoms with Crippen molar-refractivity contribution in [2.24, 2.45) is 5.41 Å². The first-order chi connectivity index (χ1) is 7.06. The Kier molecular flexibility index (Phi) is 2.75. The van der Waals surface area contributed by atoms with E-state index in [1.807, 2.05) is 0 Å². The molecule has 86 valence electrons. The highest BCUT2D eigenvalue weighted by Gasteiger charge is 2.52. The highest BCUT2D eigenvalue weighted by atomic mass is 16.2. The van der Waals surface area contributed by atoms with Crippen LogP contribution in [-0.2, 0) is 4.79 Å². The Hall–Kier alpha value is -0.570. The van der Waals surface area contributed by atoms with Gasteiger partial charge in [0, 0.05) is 12.6 Å². The number of carbonyl (C=O) groups excluding carboxylic acids is 1. The van der Waals surface area contributed by atoms with Gasteiger partial charge in [0.2, 0.25) is 5.91 Å². The first-order valence-electron chi connectivity index (χ1n) is 6.10. The van der Waals surface area contributed by atoms with Gasteiger partial charge >= 0.3 is 0 Å². The SMILES string of the molecule is CCNC1CCCN(C2CC2(C)C)C1=O. The molecule has 1 heterocycles. The van der Waals surface area contributed by atoms with Gasteiger partial charge in [-0.3, -0.25) is 4.79 Å². The monoisotopic (exact) mass is 210 g/mol. The van der Waals surface area contributed by atoms with Crippen LogP contribution in [0.15, 0.2) is 0 Å². The first kappa shape index (κ1) is 10.9. The van der Waals surface area contributed by atoms with Gasteiger partial charge in [-0.25, -0.2) is 0 Å². The molecule has 0 aromatic rings. The molecule has 2 aliphatic rings. The molecule has 3 heteroatoms. The van der Waals surface area contributed by atoms with Crippen molar-refractivity contribution in [2.45, 2.75) is 52.1 Å². The molecule has 3 nitrogen and oxygen atoms in total. The molecule has 15 heavy (non-hydrogen) atoms. The minimum absolute atomic E-state index is 0.0835. The average Bonchev–Trinajstić information content (AvgIpc) is 2.79. The smallest absolute Gasteiger partial charge is 0.239 e. The number of nitrogens with zero attached hydrogens (tertiary/aromatic N) is 1. The van der Waals surface area contributed by atoms with Gasteiger partial charge in [-0.2, -0.15) is 0 Å². The fourth-order valence-electron chi connectivity index (χ4n) is 2.62. The second kappa shape index (κ2) is 3.78. The molecule has 1 amide bonds. The summed E-state index contributed by atoms with van der Waals surface area (Å²) in [7, 11) is 0. The molecule has 1 aliphatic heterocycles. The van der Waals surface area contributed by atoms with Crippen molar-refractivity contribution in [3.8, 4) is 0 Å². The minimum atomic E-state index is 0.0835. The Labute approximate surface area is 92.2 Å². The Balaban J connectivity index is 1.98. The summed E-state index contributed by atoms with van der Waals surface area (Å²) in [6, 6.07) is 0.589. The van der Waals surface area contributed by atoms with E-state index in [-0.39, 0.29) is 6.04 Å². The molecular formula is C12H22N2O. The van der Waals surface area contributed by atoms with Crippen molar-refractivity contribution >= 4 is 5.91 Å². The fourth-order valence-corrected chi connectivity index (χ4v) is 2.62. The average molecular weight is 210 g/mol. The van der Waals surface area contributed by atoms with Gasteiger partial charge in [-0.15, -0.1) is 0 Å². The summed E-state index contributed by atoms with van der Waals surface area (Å²) in [5.41, 5.74) is 0.365. The second-order valence-electron chi connectivity index (χ2n) is 5.49. The van der Waals surface area contributed by atoms with Crippen molar-refractivity contribution in [3.63, 3.8) is 0 Å². The van der Waals surface area contributed by atoms with Crippen LogP contribution in [0.5, 0.6) is 0 Å². The van der Waals surface area contributed by atoms with Gasteiger partial charge in [0.25, 0.3) is 0 Å². The van der Waals surface area contributed by atoms with Crippen LogP contribution in [0.2, 0.25) is 0 Å². The van der Waals surface area contributed by atoms with Crippen molar-refractivity contribution < 1.29 is 4.79 Å². The van der Waals surface area contributed by atoms with E-state index in [0.29, 0.717) is 17.4 Å². The first-order valence-corrected chi connectivity index (χ1v) is 6.10. The number of likely N-dealkylation sites (N-methyl/N-ethyl adjacent to an activating group) is 1. The fraction of sp³-hybridized carbons (Fsp3) is 0.917. The number of likely N-dealkylation sites (tertiary alicyclic amines) is 1. The molecule has 2 atom stereocenters. The Morgan fingerprint density at radius 3 is 2.73 bits per heavy atom. The maximum Gasteiger partial charge on any atom is 0.239 e. The predicted octanol–water partition coefficient (Wildman–Crippen LogP) is 1.39. The van der Waals surface area contributed by atoms with Crippen molar-refractivity contribution in [1.82, 2.24) is 10.2 Å². The summed E-state index contributed by atoms with van der Waals surface area (Å²) in [4.78, 5) is 14.3. The largest absolute Gasteiger partial charge is 0.338 e. The molecule has 0 bridgehead atoms. The molecular weight excluding hydrogens is 188 g/mol. The number of amides is 1. The third-order valence-electron chi connectivity index (χ3n) is 3.76. The summed E-state index contributed by atoms with van der Waals surface area (Å²) in [5.74, 6) is 0.332. The van der Waals surface area contributed by atoms with E-state index in [4.69, 9.17) is 0 Å². The van der Waals surface area contributed by atoms with Gasteiger partial charge in [-0.05, 0) is 31.2 Å². The van der Waals surface area contributed by atoms with E-state index in [2.05, 4.69) is 31.0 Å². The number of piperidine rings is 1. The number of nitrogens with one attached hydrogen (secondary N) is 1. The molecule has 2 unspecified atom stereocenters. The number of rotatable bonds is 3. The lowest BCUT2D eigenvalue weighted by Gasteiger charge is -2.33. The quantitative estimate of drug-likeness (QED) is 0.763. The molecule has 1 aliphatic carbocycles. The van der Waals surface area contributed by atoms with Crippen LogP contribution < -0.4 is 5.32 Å². The standard InChI is InChI=1S/C12H22N2O/c1-4-13-9-6-5-7-14(11(9)15)10-8-12(10,2)3/h9-10,13H,4-8H2,1-3H3. The Bertz CT molecular complexity index is 260. The van der Waals surface area contributed by atoms with E-state index in [9.17, 15) is 4.79 Å². The molecule has 0 aromatic heterocycles. The van der Waals surface area contributed by atoms with Gasteiger partial charge < -0.3 is 10.2 Å². The second-order valence-corrected chi connectivity index (χ2v) is 5.49. The summed E-state index contributed by atoms with van der Waals surface area (Å²) < 4.78 is 0. The number of hydrogen-bond donors (Lipinski definition) is 1. The lowest BCUT2D eigenvalue weighted by molar-refractivity contribution is -0.137. The highest BCUT2D eigenvalue weighted by Crippen LogP contribution is 2.49. The molecule has 1 saturated carbocycles. The summed E-state index contributed by atoms with van der Waals surface area (Å²) >= 11 is 0. The van der Waals surface area contributed by atoms with Crippen molar-refractivity contribution in [1.29, 1.82) is 0 Å². The van der Waals surface area contributed by atoms with Crippen LogP contribution in [0.25, 0.3) is 0 Å². The zero-order valence-electron chi connectivity index (χ0n) is 10.0. The van der Waals surface area contributed by atoms with E-state index >= 15 is 0 Å². The summed E-state index contributed by atoms with van der Waals surface area (Å²) in [6.45, 7) is 8.42. The predicted molar refractivity (Wildman–Crippen MR) is 60.6 cm³/mol. The Morgan fingerprint density at radius 1 is 1.53 bits per heavy atom. The molecule has 2 rings (SSSR count). The number of hydrogen-bond acceptors (Lipinski definition) is 2. The normalized spacial score (nSPS) is 34.3. The zero-order valence-corrected chi connectivity index (χ0v) is 10.0. The maximum absolute atomic E-state index is 12.1. The van der Waals surface area contributed by atoms with Crippen LogP contribution in [0.4, 0.5) is 0 Å². The third kappa shape index (κ3) is 2.03. The topological polar surface area (TPSA) is 32.3 Å². The van der Waals surface area contributed by atoms with Gasteiger partial charge in [0.05, 0.1) is 6.04 Å². The van der Waals surface area contributed by atoms with Crippen molar-refractivity contribution in [2.75, 3.05) is 13.1 Å². The zero-order chi connectivity index (χ0) is 11.1. The molecule has 2 fully saturated rings. The van der Waals surface area contributed by atoms with E-state index < -0.39 is 0 Å². The summed E-state index contributed by atoms with van der Waals surface area (Å²) in [6.07, 6.45) is 3.34. The van der Waals surface area contributed by atoms with Gasteiger partial charge in [0.1, 0.15) is 0 Å². The molecule has 1 saturated heterocycles. The maximum atomic E-state index is 12.1. The molecule has 0 aromatic carbocycles. The Morgan fingerprint density at radius 2 is 2.20 bits per heavy atom. The van der Waals surface area contributed by atoms with Crippen LogP contribution in [0.1, 0.15) is 40.0 Å². The van der Waals surface area contributed by atoms with E-state index in [1.165, 1.54) is 6.42 Å². The van der Waals surface area contributed by atoms with E-state index in [0.717, 1.165) is 25.9 Å². The highest BCUT2D eigenvalue weighted by molar-refractivity contribution is 5.83. The van der Waals surface area contributed by atoms with Crippen LogP contribution in [0.3, 0.4) is 0 Å². The molecule has 0 radical (unpaired) electrons. The van der Waals surface area contributed by atoms with Crippen LogP contribution >= 0.6 is 0 Å². The van der Waals surface area contributed by atoms with Crippen molar-refractivity contribution in [3.05, 3.63) is 0 Å². The lowest BCUT2D eigenvalue weighted by Crippen LogP contribution is -2.52. The third-order valence-corrected chi connectivity index (χ3v) is 3.76. The van der Waals surface area contributed by atoms with Crippen LogP contribution in [0, 0.1) is 5.41 Å². The number of carbonyl (C=O) groups is 1. The van der Waals surface area contributed by atoms with Crippen LogP contribution in [-0.4, -0.2) is 36.0 Å². The lowest BCUT2D eigenvalue weighted by atomic mass is 10.0. The minimum Gasteiger partial charge on any atom is -0.338 e. The van der Waals surface area contributed by atoms with Gasteiger partial charge in [0.15, 0.2) is 0 Å². The summed E-state index contributed by atoms with van der Waals surface area (Å²) in [5, 5.41) is 3.28. The van der Waals surface area contributed by atoms with E-state index in [1.54, 1.807) is 0 Å². The van der Waals surface area contributed by atoms with Gasteiger partial charge in [-0.1, -0.05) is 20.8 Å².